The van der Waals surface area contributed by atoms with Crippen LogP contribution in [0.25, 0.3) is 16.9 Å². The lowest BCUT2D eigenvalue weighted by molar-refractivity contribution is -0.113. The average molecular weight is 408 g/mol. The zero-order valence-electron chi connectivity index (χ0n) is 15.3. The Bertz CT molecular complexity index is 1220. The van der Waals surface area contributed by atoms with Crippen LogP contribution >= 0.6 is 11.8 Å². The van der Waals surface area contributed by atoms with Gasteiger partial charge in [0.15, 0.2) is 5.16 Å². The Morgan fingerprint density at radius 2 is 2.10 bits per heavy atom. The molecule has 2 aromatic heterocycles. The fourth-order valence-electron chi connectivity index (χ4n) is 2.73. The number of H-pyrrole nitrogens is 1. The van der Waals surface area contributed by atoms with Crippen LogP contribution in [0.2, 0.25) is 0 Å². The molecule has 0 bridgehead atoms. The van der Waals surface area contributed by atoms with E-state index in [1.54, 1.807) is 55.6 Å². The lowest BCUT2D eigenvalue weighted by atomic mass is 10.2. The van der Waals surface area contributed by atoms with Gasteiger partial charge in [0.2, 0.25) is 11.9 Å². The highest BCUT2D eigenvalue weighted by Crippen LogP contribution is 2.21. The van der Waals surface area contributed by atoms with E-state index in [1.165, 1.54) is 10.9 Å². The van der Waals surface area contributed by atoms with Gasteiger partial charge in [-0.3, -0.25) is 9.59 Å². The molecule has 146 valence electrons. The van der Waals surface area contributed by atoms with E-state index in [4.69, 9.17) is 4.74 Å². The van der Waals surface area contributed by atoms with Crippen molar-refractivity contribution in [3.63, 3.8) is 0 Å². The molecule has 0 aliphatic rings. The van der Waals surface area contributed by atoms with E-state index in [2.05, 4.69) is 25.5 Å². The van der Waals surface area contributed by atoms with Crippen LogP contribution in [0.5, 0.6) is 5.75 Å². The summed E-state index contributed by atoms with van der Waals surface area (Å²) in [6.45, 7) is 0. The van der Waals surface area contributed by atoms with Crippen molar-refractivity contribution in [2.45, 2.75) is 5.16 Å². The molecule has 0 unspecified atom stereocenters. The topological polar surface area (TPSA) is 115 Å². The van der Waals surface area contributed by atoms with E-state index in [9.17, 15) is 9.59 Å². The molecule has 0 saturated heterocycles. The number of ether oxygens (including phenoxy) is 1. The Labute approximate surface area is 169 Å². The van der Waals surface area contributed by atoms with Crippen LogP contribution < -0.4 is 15.6 Å². The van der Waals surface area contributed by atoms with Gasteiger partial charge in [-0.1, -0.05) is 30.0 Å². The first-order chi connectivity index (χ1) is 14.2. The maximum absolute atomic E-state index is 13.0. The van der Waals surface area contributed by atoms with Crippen LogP contribution in [0.1, 0.15) is 0 Å². The Kier molecular flexibility index (Phi) is 5.25. The quantitative estimate of drug-likeness (QED) is 0.371. The monoisotopic (exact) mass is 408 g/mol. The van der Waals surface area contributed by atoms with Crippen LogP contribution in [-0.4, -0.2) is 43.5 Å². The largest absolute Gasteiger partial charge is 0.497 e. The molecule has 9 nitrogen and oxygen atoms in total. The molecule has 2 N–H and O–H groups in total. The summed E-state index contributed by atoms with van der Waals surface area (Å²) in [7, 11) is 1.56. The summed E-state index contributed by atoms with van der Waals surface area (Å²) < 4.78 is 6.47. The first kappa shape index (κ1) is 18.7. The third-order valence-corrected chi connectivity index (χ3v) is 4.98. The van der Waals surface area contributed by atoms with Crippen molar-refractivity contribution >= 4 is 34.3 Å². The third-order valence-electron chi connectivity index (χ3n) is 4.04. The van der Waals surface area contributed by atoms with E-state index in [-0.39, 0.29) is 23.2 Å². The maximum Gasteiger partial charge on any atom is 0.269 e. The molecule has 10 heteroatoms. The SMILES string of the molecule is COc1cccc(NC(=O)CSc2nc3ccccc3c(=O)n2-c2ncn[nH]2)c1. The predicted molar refractivity (Wildman–Crippen MR) is 110 cm³/mol. The van der Waals surface area contributed by atoms with Gasteiger partial charge in [0, 0.05) is 11.8 Å². The van der Waals surface area contributed by atoms with E-state index in [1.807, 2.05) is 0 Å². The first-order valence-corrected chi connectivity index (χ1v) is 9.58. The van der Waals surface area contributed by atoms with Crippen LogP contribution in [-0.2, 0) is 4.79 Å². The summed E-state index contributed by atoms with van der Waals surface area (Å²) in [6.07, 6.45) is 1.31. The number of fused-ring (bicyclic) bond motifs is 1. The number of nitrogens with one attached hydrogen (secondary N) is 2. The Balaban J connectivity index is 1.61. The van der Waals surface area contributed by atoms with E-state index >= 15 is 0 Å². The highest BCUT2D eigenvalue weighted by molar-refractivity contribution is 7.99. The summed E-state index contributed by atoms with van der Waals surface area (Å²) in [6, 6.07) is 14.1. The number of carbonyl (C=O) groups is 1. The molecule has 0 aliphatic heterocycles. The van der Waals surface area contributed by atoms with Gasteiger partial charge in [0.05, 0.1) is 23.8 Å². The molecule has 0 fully saturated rings. The van der Waals surface area contributed by atoms with E-state index in [0.717, 1.165) is 11.8 Å². The number of amides is 1. The van der Waals surface area contributed by atoms with Gasteiger partial charge >= 0.3 is 0 Å². The van der Waals surface area contributed by atoms with E-state index < -0.39 is 0 Å². The van der Waals surface area contributed by atoms with Crippen molar-refractivity contribution in [2.75, 3.05) is 18.2 Å². The molecular formula is C19H16N6O3S. The van der Waals surface area contributed by atoms with Gasteiger partial charge in [0.25, 0.3) is 5.56 Å². The smallest absolute Gasteiger partial charge is 0.269 e. The van der Waals surface area contributed by atoms with Gasteiger partial charge in [0.1, 0.15) is 12.1 Å². The maximum atomic E-state index is 13.0. The molecule has 0 spiro atoms. The lowest BCUT2D eigenvalue weighted by Gasteiger charge is -2.11. The minimum Gasteiger partial charge on any atom is -0.497 e. The molecule has 2 aromatic carbocycles. The highest BCUT2D eigenvalue weighted by Gasteiger charge is 2.16. The number of nitrogens with zero attached hydrogens (tertiary/aromatic N) is 4. The van der Waals surface area contributed by atoms with Gasteiger partial charge in [-0.15, -0.1) is 0 Å². The summed E-state index contributed by atoms with van der Waals surface area (Å²) in [4.78, 5) is 34.0. The van der Waals surface area contributed by atoms with Crippen LogP contribution in [0, 0.1) is 0 Å². The molecule has 0 radical (unpaired) electrons. The second-order valence-corrected chi connectivity index (χ2v) is 6.87. The normalized spacial score (nSPS) is 10.8. The van der Waals surface area contributed by atoms with Crippen LogP contribution in [0.15, 0.2) is 64.8 Å². The van der Waals surface area contributed by atoms with Crippen molar-refractivity contribution in [1.29, 1.82) is 0 Å². The fourth-order valence-corrected chi connectivity index (χ4v) is 3.52. The second-order valence-electron chi connectivity index (χ2n) is 5.93. The number of carbonyl (C=O) groups excluding carboxylic acids is 1. The van der Waals surface area contributed by atoms with Crippen molar-refractivity contribution in [2.24, 2.45) is 0 Å². The number of anilines is 1. The molecular weight excluding hydrogens is 392 g/mol. The Morgan fingerprint density at radius 1 is 1.24 bits per heavy atom. The number of hydrogen-bond donors (Lipinski definition) is 2. The summed E-state index contributed by atoms with van der Waals surface area (Å²) in [5.74, 6) is 0.695. The minimum atomic E-state index is -0.289. The van der Waals surface area contributed by atoms with Crippen LogP contribution in [0.4, 0.5) is 5.69 Å². The number of rotatable bonds is 6. The average Bonchev–Trinajstić information content (AvgIpc) is 3.27. The van der Waals surface area contributed by atoms with E-state index in [0.29, 0.717) is 27.5 Å². The standard InChI is InChI=1S/C19H16N6O3S/c1-28-13-6-4-5-12(9-13)22-16(26)10-29-19-23-15-8-3-2-7-14(15)17(27)25(19)18-20-11-21-24-18/h2-9,11H,10H2,1H3,(H,22,26)(H,20,21,24). The molecule has 4 rings (SSSR count). The number of hydrogen-bond acceptors (Lipinski definition) is 7. The first-order valence-electron chi connectivity index (χ1n) is 8.60. The number of aromatic nitrogens is 5. The van der Waals surface area contributed by atoms with Crippen molar-refractivity contribution in [3.05, 3.63) is 65.2 Å². The molecule has 29 heavy (non-hydrogen) atoms. The zero-order valence-corrected chi connectivity index (χ0v) is 16.1. The molecule has 4 aromatic rings. The van der Waals surface area contributed by atoms with Crippen molar-refractivity contribution < 1.29 is 9.53 Å². The highest BCUT2D eigenvalue weighted by atomic mass is 32.2. The van der Waals surface area contributed by atoms with Gasteiger partial charge in [-0.25, -0.2) is 14.6 Å². The number of methoxy groups -OCH3 is 1. The number of benzene rings is 2. The number of aromatic amines is 1. The predicted octanol–water partition coefficient (Wildman–Crippen LogP) is 2.24. The minimum absolute atomic E-state index is 0.0517. The van der Waals surface area contributed by atoms with Crippen molar-refractivity contribution in [1.82, 2.24) is 24.7 Å². The summed E-state index contributed by atoms with van der Waals surface area (Å²) in [5.41, 5.74) is 0.876. The van der Waals surface area contributed by atoms with Gasteiger partial charge in [-0.2, -0.15) is 10.1 Å². The van der Waals surface area contributed by atoms with Gasteiger partial charge in [-0.05, 0) is 24.3 Å². The molecule has 0 atom stereocenters. The van der Waals surface area contributed by atoms with Crippen LogP contribution in [0.3, 0.4) is 0 Å². The fraction of sp³-hybridized carbons (Fsp3) is 0.105. The molecule has 2 heterocycles. The zero-order chi connectivity index (χ0) is 20.2. The summed E-state index contributed by atoms with van der Waals surface area (Å²) in [5, 5.41) is 10.1. The number of para-hydroxylation sites is 1. The second kappa shape index (κ2) is 8.15. The molecule has 0 aliphatic carbocycles. The molecule has 0 saturated carbocycles. The summed E-state index contributed by atoms with van der Waals surface area (Å²) >= 11 is 1.13. The number of thioether (sulfide) groups is 1. The van der Waals surface area contributed by atoms with Gasteiger partial charge < -0.3 is 10.1 Å². The third kappa shape index (κ3) is 3.97. The Morgan fingerprint density at radius 3 is 2.90 bits per heavy atom. The Hall–Kier alpha value is -3.66. The molecule has 1 amide bonds. The lowest BCUT2D eigenvalue weighted by Crippen LogP contribution is -2.23. The van der Waals surface area contributed by atoms with Crippen molar-refractivity contribution in [3.8, 4) is 11.7 Å².